The molecule has 1 aromatic heterocycles. The van der Waals surface area contributed by atoms with Crippen LogP contribution in [0.4, 0.5) is 11.5 Å². The van der Waals surface area contributed by atoms with Crippen molar-refractivity contribution in [1.29, 1.82) is 0 Å². The number of halogens is 1. The maximum Gasteiger partial charge on any atom is 0.275 e. The van der Waals surface area contributed by atoms with E-state index in [1.807, 2.05) is 25.1 Å². The molecule has 0 aliphatic heterocycles. The Morgan fingerprint density at radius 1 is 1.04 bits per heavy atom. The molecule has 0 atom stereocenters. The SMILES string of the molecule is Cc1ccccc1CNc1cnc(C(=O)Nc2cc(Cl)ccc2C)cn1. The maximum atomic E-state index is 12.3. The Morgan fingerprint density at radius 3 is 2.58 bits per heavy atom. The Kier molecular flexibility index (Phi) is 5.49. The van der Waals surface area contributed by atoms with Gasteiger partial charge in [0.05, 0.1) is 12.4 Å². The quantitative estimate of drug-likeness (QED) is 0.691. The minimum absolute atomic E-state index is 0.241. The molecule has 2 aromatic carbocycles. The zero-order valence-electron chi connectivity index (χ0n) is 14.6. The Morgan fingerprint density at radius 2 is 1.85 bits per heavy atom. The van der Waals surface area contributed by atoms with Crippen molar-refractivity contribution < 1.29 is 4.79 Å². The minimum atomic E-state index is -0.326. The predicted molar refractivity (Wildman–Crippen MR) is 105 cm³/mol. The molecule has 0 aliphatic rings. The van der Waals surface area contributed by atoms with Crippen LogP contribution in [0.1, 0.15) is 27.2 Å². The number of rotatable bonds is 5. The van der Waals surface area contributed by atoms with Gasteiger partial charge >= 0.3 is 0 Å². The Bertz CT molecular complexity index is 925. The normalized spacial score (nSPS) is 10.4. The highest BCUT2D eigenvalue weighted by Gasteiger charge is 2.10. The van der Waals surface area contributed by atoms with Crippen LogP contribution in [0.3, 0.4) is 0 Å². The molecule has 3 rings (SSSR count). The highest BCUT2D eigenvalue weighted by atomic mass is 35.5. The molecule has 6 heteroatoms. The molecule has 0 fully saturated rings. The molecule has 0 aliphatic carbocycles. The molecule has 2 N–H and O–H groups in total. The third-order valence-electron chi connectivity index (χ3n) is 4.05. The summed E-state index contributed by atoms with van der Waals surface area (Å²) >= 11 is 5.98. The first-order valence-corrected chi connectivity index (χ1v) is 8.58. The highest BCUT2D eigenvalue weighted by Crippen LogP contribution is 2.20. The molecular weight excluding hydrogens is 348 g/mol. The molecule has 132 valence electrons. The van der Waals surface area contributed by atoms with Gasteiger partial charge in [-0.3, -0.25) is 4.79 Å². The van der Waals surface area contributed by atoms with Gasteiger partial charge in [0, 0.05) is 17.3 Å². The van der Waals surface area contributed by atoms with Crippen molar-refractivity contribution in [3.05, 3.63) is 82.3 Å². The second kappa shape index (κ2) is 7.97. The van der Waals surface area contributed by atoms with E-state index in [0.717, 1.165) is 5.56 Å². The van der Waals surface area contributed by atoms with Gasteiger partial charge in [-0.05, 0) is 42.7 Å². The van der Waals surface area contributed by atoms with E-state index in [9.17, 15) is 4.79 Å². The zero-order valence-corrected chi connectivity index (χ0v) is 15.3. The van der Waals surface area contributed by atoms with E-state index in [2.05, 4.69) is 39.7 Å². The summed E-state index contributed by atoms with van der Waals surface area (Å²) in [6, 6.07) is 13.5. The Balaban J connectivity index is 1.64. The smallest absolute Gasteiger partial charge is 0.275 e. The van der Waals surface area contributed by atoms with Crippen LogP contribution in [0.15, 0.2) is 54.9 Å². The lowest BCUT2D eigenvalue weighted by Gasteiger charge is -2.10. The molecule has 5 nitrogen and oxygen atoms in total. The van der Waals surface area contributed by atoms with Crippen LogP contribution in [0.5, 0.6) is 0 Å². The highest BCUT2D eigenvalue weighted by molar-refractivity contribution is 6.31. The number of benzene rings is 2. The largest absolute Gasteiger partial charge is 0.365 e. The summed E-state index contributed by atoms with van der Waals surface area (Å²) in [7, 11) is 0. The second-order valence-corrected chi connectivity index (χ2v) is 6.42. The van der Waals surface area contributed by atoms with Gasteiger partial charge in [-0.25, -0.2) is 9.97 Å². The molecule has 0 unspecified atom stereocenters. The number of nitrogens with one attached hydrogen (secondary N) is 2. The van der Waals surface area contributed by atoms with Crippen LogP contribution in [0, 0.1) is 13.8 Å². The summed E-state index contributed by atoms with van der Waals surface area (Å²) in [5.74, 6) is 0.289. The Hall–Kier alpha value is -2.92. The molecule has 0 spiro atoms. The first-order chi connectivity index (χ1) is 12.5. The summed E-state index contributed by atoms with van der Waals surface area (Å²) in [5.41, 5.74) is 4.22. The third kappa shape index (κ3) is 4.37. The zero-order chi connectivity index (χ0) is 18.5. The van der Waals surface area contributed by atoms with Gasteiger partial charge < -0.3 is 10.6 Å². The number of hydrogen-bond donors (Lipinski definition) is 2. The summed E-state index contributed by atoms with van der Waals surface area (Å²) in [4.78, 5) is 20.8. The fourth-order valence-corrected chi connectivity index (χ4v) is 2.62. The number of carbonyl (C=O) groups is 1. The monoisotopic (exact) mass is 366 g/mol. The molecular formula is C20H19ClN4O. The van der Waals surface area contributed by atoms with Gasteiger partial charge in [-0.15, -0.1) is 0 Å². The predicted octanol–water partition coefficient (Wildman–Crippen LogP) is 4.61. The summed E-state index contributed by atoms with van der Waals surface area (Å²) < 4.78 is 0. The van der Waals surface area contributed by atoms with Crippen LogP contribution in [0.25, 0.3) is 0 Å². The molecule has 3 aromatic rings. The molecule has 26 heavy (non-hydrogen) atoms. The van der Waals surface area contributed by atoms with E-state index >= 15 is 0 Å². The molecule has 1 heterocycles. The fourth-order valence-electron chi connectivity index (χ4n) is 2.45. The average Bonchev–Trinajstić information content (AvgIpc) is 2.64. The number of aryl methyl sites for hydroxylation is 2. The van der Waals surface area contributed by atoms with Crippen LogP contribution in [-0.4, -0.2) is 15.9 Å². The number of hydrogen-bond acceptors (Lipinski definition) is 4. The van der Waals surface area contributed by atoms with E-state index in [0.29, 0.717) is 23.1 Å². The number of anilines is 2. The van der Waals surface area contributed by atoms with Crippen molar-refractivity contribution in [2.75, 3.05) is 10.6 Å². The van der Waals surface area contributed by atoms with E-state index in [1.54, 1.807) is 18.3 Å². The second-order valence-electron chi connectivity index (χ2n) is 5.98. The lowest BCUT2D eigenvalue weighted by molar-refractivity contribution is 0.102. The Labute approximate surface area is 157 Å². The van der Waals surface area contributed by atoms with Crippen molar-refractivity contribution in [3.63, 3.8) is 0 Å². The van der Waals surface area contributed by atoms with Gasteiger partial charge in [0.1, 0.15) is 11.5 Å². The number of nitrogens with zero attached hydrogens (tertiary/aromatic N) is 2. The topological polar surface area (TPSA) is 66.9 Å². The van der Waals surface area contributed by atoms with Gasteiger partial charge in [-0.2, -0.15) is 0 Å². The van der Waals surface area contributed by atoms with Gasteiger partial charge in [0.2, 0.25) is 0 Å². The molecule has 0 bridgehead atoms. The van der Waals surface area contributed by atoms with Crippen LogP contribution >= 0.6 is 11.6 Å². The first kappa shape index (κ1) is 17.9. The van der Waals surface area contributed by atoms with Crippen molar-refractivity contribution in [2.24, 2.45) is 0 Å². The fraction of sp³-hybridized carbons (Fsp3) is 0.150. The lowest BCUT2D eigenvalue weighted by Crippen LogP contribution is -2.15. The molecule has 0 radical (unpaired) electrons. The van der Waals surface area contributed by atoms with Crippen molar-refractivity contribution in [3.8, 4) is 0 Å². The van der Waals surface area contributed by atoms with Gasteiger partial charge in [0.25, 0.3) is 5.91 Å². The average molecular weight is 367 g/mol. The summed E-state index contributed by atoms with van der Waals surface area (Å²) in [6.07, 6.45) is 3.01. The van der Waals surface area contributed by atoms with Crippen LogP contribution < -0.4 is 10.6 Å². The first-order valence-electron chi connectivity index (χ1n) is 8.21. The summed E-state index contributed by atoms with van der Waals surface area (Å²) in [5, 5.41) is 6.58. The van der Waals surface area contributed by atoms with E-state index in [-0.39, 0.29) is 11.6 Å². The van der Waals surface area contributed by atoms with Gasteiger partial charge in [0.15, 0.2) is 0 Å². The number of aromatic nitrogens is 2. The third-order valence-corrected chi connectivity index (χ3v) is 4.29. The van der Waals surface area contributed by atoms with E-state index in [4.69, 9.17) is 11.6 Å². The van der Waals surface area contributed by atoms with E-state index < -0.39 is 0 Å². The van der Waals surface area contributed by atoms with Crippen molar-refractivity contribution >= 4 is 29.0 Å². The van der Waals surface area contributed by atoms with Crippen LogP contribution in [-0.2, 0) is 6.54 Å². The van der Waals surface area contributed by atoms with E-state index in [1.165, 1.54) is 17.3 Å². The minimum Gasteiger partial charge on any atom is -0.365 e. The molecule has 1 amide bonds. The lowest BCUT2D eigenvalue weighted by atomic mass is 10.1. The van der Waals surface area contributed by atoms with Crippen molar-refractivity contribution in [1.82, 2.24) is 9.97 Å². The molecule has 0 saturated heterocycles. The van der Waals surface area contributed by atoms with Crippen molar-refractivity contribution in [2.45, 2.75) is 20.4 Å². The summed E-state index contributed by atoms with van der Waals surface area (Å²) in [6.45, 7) is 4.61. The van der Waals surface area contributed by atoms with Crippen LogP contribution in [0.2, 0.25) is 5.02 Å². The number of carbonyl (C=O) groups excluding carboxylic acids is 1. The number of amides is 1. The molecule has 0 saturated carbocycles. The van der Waals surface area contributed by atoms with Gasteiger partial charge in [-0.1, -0.05) is 41.9 Å². The maximum absolute atomic E-state index is 12.3. The standard InChI is InChI=1S/C20H19ClN4O/c1-13-5-3-4-6-15(13)10-23-19-12-22-18(11-24-19)20(26)25-17-9-16(21)8-7-14(17)2/h3-9,11-12H,10H2,1-2H3,(H,23,24)(H,25,26).